The standard InChI is InChI=1S/C16H14BrN3O3S/c1-10-2-4-12(5-3-10)24(22,23)20-9-14(17)13-6-11(7-16(18)21)19-8-15(13)20/h2-6,8-9H,7H2,1H3,(H2,18,21). The SMILES string of the molecule is Cc1ccc(S(=O)(=O)n2cc(Br)c3cc(CC(N)=O)ncc32)cc1. The minimum absolute atomic E-state index is 0.00171. The van der Waals surface area contributed by atoms with Crippen molar-refractivity contribution in [3.8, 4) is 0 Å². The van der Waals surface area contributed by atoms with E-state index in [4.69, 9.17) is 5.73 Å². The van der Waals surface area contributed by atoms with E-state index in [2.05, 4.69) is 20.9 Å². The number of hydrogen-bond acceptors (Lipinski definition) is 4. The van der Waals surface area contributed by atoms with Crippen molar-refractivity contribution < 1.29 is 13.2 Å². The lowest BCUT2D eigenvalue weighted by Gasteiger charge is -2.08. The molecule has 124 valence electrons. The Kier molecular flexibility index (Phi) is 4.18. The maximum absolute atomic E-state index is 12.9. The molecule has 3 rings (SSSR count). The number of fused-ring (bicyclic) bond motifs is 1. The van der Waals surface area contributed by atoms with Crippen LogP contribution in [-0.4, -0.2) is 23.3 Å². The molecule has 2 N–H and O–H groups in total. The van der Waals surface area contributed by atoms with E-state index in [1.54, 1.807) is 30.3 Å². The van der Waals surface area contributed by atoms with Crippen LogP contribution >= 0.6 is 15.9 Å². The fraction of sp³-hybridized carbons (Fsp3) is 0.125. The summed E-state index contributed by atoms with van der Waals surface area (Å²) in [4.78, 5) is 15.4. The van der Waals surface area contributed by atoms with Gasteiger partial charge in [0, 0.05) is 16.1 Å². The first-order valence-corrected chi connectivity index (χ1v) is 9.28. The zero-order valence-corrected chi connectivity index (χ0v) is 15.1. The van der Waals surface area contributed by atoms with Gasteiger partial charge in [-0.15, -0.1) is 0 Å². The third kappa shape index (κ3) is 2.94. The Hall–Kier alpha value is -2.19. The molecular formula is C16H14BrN3O3S. The molecule has 0 aliphatic rings. The molecule has 0 spiro atoms. The van der Waals surface area contributed by atoms with E-state index in [-0.39, 0.29) is 11.3 Å². The Balaban J connectivity index is 2.16. The molecule has 1 amide bonds. The Morgan fingerprint density at radius 2 is 1.96 bits per heavy atom. The van der Waals surface area contributed by atoms with Crippen LogP contribution in [0.25, 0.3) is 10.9 Å². The summed E-state index contributed by atoms with van der Waals surface area (Å²) >= 11 is 3.37. The highest BCUT2D eigenvalue weighted by Crippen LogP contribution is 2.29. The molecule has 2 aromatic heterocycles. The summed E-state index contributed by atoms with van der Waals surface area (Å²) < 4.78 is 27.5. The number of aromatic nitrogens is 2. The number of pyridine rings is 1. The third-order valence-electron chi connectivity index (χ3n) is 3.60. The van der Waals surface area contributed by atoms with Crippen molar-refractivity contribution in [2.45, 2.75) is 18.2 Å². The molecule has 0 aliphatic heterocycles. The molecular weight excluding hydrogens is 394 g/mol. The average molecular weight is 408 g/mol. The molecule has 0 saturated carbocycles. The zero-order chi connectivity index (χ0) is 17.5. The molecule has 0 aliphatic carbocycles. The second-order valence-electron chi connectivity index (χ2n) is 5.43. The maximum atomic E-state index is 12.9. The van der Waals surface area contributed by atoms with Gasteiger partial charge < -0.3 is 5.73 Å². The van der Waals surface area contributed by atoms with Crippen molar-refractivity contribution in [2.24, 2.45) is 5.73 Å². The third-order valence-corrected chi connectivity index (χ3v) is 5.92. The van der Waals surface area contributed by atoms with Gasteiger partial charge in [0.05, 0.1) is 28.7 Å². The molecule has 3 aromatic rings. The first-order valence-electron chi connectivity index (χ1n) is 7.05. The molecule has 2 heterocycles. The largest absolute Gasteiger partial charge is 0.369 e. The Morgan fingerprint density at radius 3 is 2.58 bits per heavy atom. The van der Waals surface area contributed by atoms with Crippen LogP contribution in [0.3, 0.4) is 0 Å². The normalized spacial score (nSPS) is 11.8. The smallest absolute Gasteiger partial charge is 0.268 e. The lowest BCUT2D eigenvalue weighted by molar-refractivity contribution is -0.117. The first kappa shape index (κ1) is 16.7. The van der Waals surface area contributed by atoms with Crippen LogP contribution in [0, 0.1) is 6.92 Å². The van der Waals surface area contributed by atoms with Crippen molar-refractivity contribution in [1.82, 2.24) is 8.96 Å². The van der Waals surface area contributed by atoms with Crippen LogP contribution in [0.5, 0.6) is 0 Å². The maximum Gasteiger partial charge on any atom is 0.268 e. The number of nitrogens with zero attached hydrogens (tertiary/aromatic N) is 2. The second-order valence-corrected chi connectivity index (χ2v) is 8.10. The minimum atomic E-state index is -3.74. The van der Waals surface area contributed by atoms with Crippen molar-refractivity contribution in [1.29, 1.82) is 0 Å². The van der Waals surface area contributed by atoms with E-state index in [0.717, 1.165) is 5.56 Å². The van der Waals surface area contributed by atoms with Gasteiger partial charge >= 0.3 is 0 Å². The van der Waals surface area contributed by atoms with Crippen molar-refractivity contribution in [2.75, 3.05) is 0 Å². The summed E-state index contributed by atoms with van der Waals surface area (Å²) in [7, 11) is -3.74. The highest BCUT2D eigenvalue weighted by molar-refractivity contribution is 9.10. The molecule has 0 atom stereocenters. The number of primary amides is 1. The lowest BCUT2D eigenvalue weighted by Crippen LogP contribution is -2.15. The number of benzene rings is 1. The summed E-state index contributed by atoms with van der Waals surface area (Å²) in [6.07, 6.45) is 2.91. The summed E-state index contributed by atoms with van der Waals surface area (Å²) in [6, 6.07) is 8.29. The van der Waals surface area contributed by atoms with Crippen molar-refractivity contribution >= 4 is 42.8 Å². The molecule has 0 saturated heterocycles. The Morgan fingerprint density at radius 1 is 1.29 bits per heavy atom. The molecule has 1 aromatic carbocycles. The summed E-state index contributed by atoms with van der Waals surface area (Å²) in [5, 5.41) is 0.650. The average Bonchev–Trinajstić information content (AvgIpc) is 2.85. The van der Waals surface area contributed by atoms with Gasteiger partial charge in [-0.25, -0.2) is 12.4 Å². The minimum Gasteiger partial charge on any atom is -0.369 e. The predicted molar refractivity (Wildman–Crippen MR) is 94.1 cm³/mol. The molecule has 0 radical (unpaired) electrons. The van der Waals surface area contributed by atoms with Gasteiger partial charge in [0.25, 0.3) is 10.0 Å². The van der Waals surface area contributed by atoms with Gasteiger partial charge in [0.2, 0.25) is 5.91 Å². The van der Waals surface area contributed by atoms with Gasteiger partial charge in [-0.05, 0) is 41.1 Å². The monoisotopic (exact) mass is 407 g/mol. The molecule has 0 unspecified atom stereocenters. The molecule has 0 fully saturated rings. The molecule has 6 nitrogen and oxygen atoms in total. The van der Waals surface area contributed by atoms with Gasteiger partial charge in [-0.3, -0.25) is 9.78 Å². The van der Waals surface area contributed by atoms with Gasteiger partial charge in [-0.2, -0.15) is 0 Å². The van der Waals surface area contributed by atoms with E-state index in [9.17, 15) is 13.2 Å². The highest BCUT2D eigenvalue weighted by Gasteiger charge is 2.21. The predicted octanol–water partition coefficient (Wildman–Crippen LogP) is 2.37. The highest BCUT2D eigenvalue weighted by atomic mass is 79.9. The van der Waals surface area contributed by atoms with E-state index in [1.165, 1.54) is 16.4 Å². The van der Waals surface area contributed by atoms with Gasteiger partial charge in [-0.1, -0.05) is 17.7 Å². The summed E-state index contributed by atoms with van der Waals surface area (Å²) in [5.74, 6) is -0.496. The van der Waals surface area contributed by atoms with Crippen molar-refractivity contribution in [3.63, 3.8) is 0 Å². The second kappa shape index (κ2) is 6.03. The number of rotatable bonds is 4. The van der Waals surface area contributed by atoms with E-state index in [0.29, 0.717) is 21.1 Å². The van der Waals surface area contributed by atoms with E-state index < -0.39 is 15.9 Å². The van der Waals surface area contributed by atoms with E-state index in [1.807, 2.05) is 6.92 Å². The Labute approximate surface area is 147 Å². The van der Waals surface area contributed by atoms with Crippen LogP contribution < -0.4 is 5.73 Å². The van der Waals surface area contributed by atoms with Crippen LogP contribution in [0.1, 0.15) is 11.3 Å². The number of carbonyl (C=O) groups is 1. The molecule has 24 heavy (non-hydrogen) atoms. The van der Waals surface area contributed by atoms with E-state index >= 15 is 0 Å². The number of aryl methyl sites for hydroxylation is 1. The Bertz CT molecular complexity index is 1040. The lowest BCUT2D eigenvalue weighted by atomic mass is 10.2. The topological polar surface area (TPSA) is 95.0 Å². The number of nitrogens with two attached hydrogens (primary N) is 1. The van der Waals surface area contributed by atoms with Crippen LogP contribution in [0.2, 0.25) is 0 Å². The van der Waals surface area contributed by atoms with Crippen LogP contribution in [0.15, 0.2) is 52.1 Å². The fourth-order valence-corrected chi connectivity index (χ4v) is 4.41. The summed E-state index contributed by atoms with van der Waals surface area (Å²) in [5.41, 5.74) is 7.07. The number of amides is 1. The van der Waals surface area contributed by atoms with Crippen LogP contribution in [0.4, 0.5) is 0 Å². The van der Waals surface area contributed by atoms with Crippen LogP contribution in [-0.2, 0) is 21.2 Å². The molecule has 8 heteroatoms. The number of hydrogen-bond donors (Lipinski definition) is 1. The first-order chi connectivity index (χ1) is 11.3. The quantitative estimate of drug-likeness (QED) is 0.717. The number of carbonyl (C=O) groups excluding carboxylic acids is 1. The van der Waals surface area contributed by atoms with Gasteiger partial charge in [0.1, 0.15) is 0 Å². The summed E-state index contributed by atoms with van der Waals surface area (Å²) in [6.45, 7) is 1.89. The zero-order valence-electron chi connectivity index (χ0n) is 12.7. The number of halogens is 1. The fourth-order valence-electron chi connectivity index (χ4n) is 2.40. The van der Waals surface area contributed by atoms with Gasteiger partial charge in [0.15, 0.2) is 0 Å². The van der Waals surface area contributed by atoms with Crippen molar-refractivity contribution in [3.05, 3.63) is 58.5 Å². The molecule has 0 bridgehead atoms.